The van der Waals surface area contributed by atoms with Crippen molar-refractivity contribution in [3.8, 4) is 0 Å². The Kier molecular flexibility index (Phi) is 6.35. The number of anilines is 1. The number of aliphatic hydroxyl groups excluding tert-OH is 1. The van der Waals surface area contributed by atoms with E-state index in [0.29, 0.717) is 6.42 Å². The van der Waals surface area contributed by atoms with Crippen LogP contribution in [0.4, 0.5) is 5.69 Å². The molecule has 1 atom stereocenters. The Balaban J connectivity index is 1.97. The van der Waals surface area contributed by atoms with Crippen LogP contribution in [-0.2, 0) is 9.59 Å². The molecule has 1 unspecified atom stereocenters. The van der Waals surface area contributed by atoms with Crippen molar-refractivity contribution in [2.75, 3.05) is 18.5 Å². The predicted octanol–water partition coefficient (Wildman–Crippen LogP) is 2.42. The first-order chi connectivity index (χ1) is 11.1. The van der Waals surface area contributed by atoms with E-state index >= 15 is 0 Å². The summed E-state index contributed by atoms with van der Waals surface area (Å²) in [6.07, 6.45) is 7.11. The number of nitrogens with zero attached hydrogens (tertiary/aromatic N) is 1. The molecular formula is C18H24N2O3. The molecule has 23 heavy (non-hydrogen) atoms. The summed E-state index contributed by atoms with van der Waals surface area (Å²) in [6.45, 7) is 2.34. The Morgan fingerprint density at radius 1 is 1.30 bits per heavy atom. The van der Waals surface area contributed by atoms with Gasteiger partial charge in [-0.25, -0.2) is 0 Å². The molecule has 2 rings (SSSR count). The number of nitrogens with one attached hydrogen (secondary N) is 1. The zero-order valence-corrected chi connectivity index (χ0v) is 13.5. The third kappa shape index (κ3) is 5.21. The van der Waals surface area contributed by atoms with Gasteiger partial charge in [-0.2, -0.15) is 0 Å². The van der Waals surface area contributed by atoms with E-state index in [1.165, 1.54) is 6.92 Å². The van der Waals surface area contributed by atoms with Crippen molar-refractivity contribution in [2.45, 2.75) is 38.6 Å². The highest BCUT2D eigenvalue weighted by molar-refractivity contribution is 5.92. The Labute approximate surface area is 137 Å². The Hall–Kier alpha value is -2.14. The number of carbonyl (C=O) groups is 2. The number of piperidine rings is 1. The molecule has 1 aliphatic heterocycles. The molecule has 2 N–H and O–H groups in total. The predicted molar refractivity (Wildman–Crippen MR) is 90.8 cm³/mol. The van der Waals surface area contributed by atoms with Crippen molar-refractivity contribution in [3.63, 3.8) is 0 Å². The molecule has 0 bridgehead atoms. The first-order valence-corrected chi connectivity index (χ1v) is 8.07. The number of benzene rings is 1. The SMILES string of the molecule is CC(=O)Nc1ccc(/C=C/C(=O)N2CCCCC2CCO)cc1. The lowest BCUT2D eigenvalue weighted by atomic mass is 9.99. The molecule has 2 amide bonds. The first kappa shape index (κ1) is 17.2. The summed E-state index contributed by atoms with van der Waals surface area (Å²) in [6, 6.07) is 7.47. The van der Waals surface area contributed by atoms with Crippen LogP contribution in [0, 0.1) is 0 Å². The molecule has 0 aromatic heterocycles. The zero-order valence-electron chi connectivity index (χ0n) is 13.5. The molecule has 0 spiro atoms. The van der Waals surface area contributed by atoms with Crippen molar-refractivity contribution in [3.05, 3.63) is 35.9 Å². The van der Waals surface area contributed by atoms with Crippen molar-refractivity contribution >= 4 is 23.6 Å². The number of carbonyl (C=O) groups excluding carboxylic acids is 2. The van der Waals surface area contributed by atoms with Gasteiger partial charge in [0.25, 0.3) is 0 Å². The topological polar surface area (TPSA) is 69.6 Å². The minimum atomic E-state index is -0.108. The molecule has 0 aliphatic carbocycles. The quantitative estimate of drug-likeness (QED) is 0.820. The van der Waals surface area contributed by atoms with Gasteiger partial charge in [0.15, 0.2) is 0 Å². The van der Waals surface area contributed by atoms with Gasteiger partial charge in [-0.05, 0) is 49.5 Å². The molecule has 1 heterocycles. The van der Waals surface area contributed by atoms with Gasteiger partial charge in [-0.1, -0.05) is 12.1 Å². The number of rotatable bonds is 5. The van der Waals surface area contributed by atoms with E-state index in [9.17, 15) is 9.59 Å². The van der Waals surface area contributed by atoms with Gasteiger partial charge in [0.2, 0.25) is 11.8 Å². The summed E-state index contributed by atoms with van der Waals surface area (Å²) in [7, 11) is 0. The van der Waals surface area contributed by atoms with E-state index in [0.717, 1.165) is 37.1 Å². The zero-order chi connectivity index (χ0) is 16.7. The molecular weight excluding hydrogens is 292 g/mol. The minimum Gasteiger partial charge on any atom is -0.396 e. The molecule has 0 saturated carbocycles. The van der Waals surface area contributed by atoms with Crippen molar-refractivity contribution in [1.82, 2.24) is 4.90 Å². The van der Waals surface area contributed by atoms with Crippen LogP contribution in [0.1, 0.15) is 38.2 Å². The fourth-order valence-corrected chi connectivity index (χ4v) is 2.88. The van der Waals surface area contributed by atoms with Gasteiger partial charge in [-0.15, -0.1) is 0 Å². The van der Waals surface area contributed by atoms with Gasteiger partial charge >= 0.3 is 0 Å². The second kappa shape index (κ2) is 8.48. The third-order valence-corrected chi connectivity index (χ3v) is 4.02. The van der Waals surface area contributed by atoms with Crippen molar-refractivity contribution < 1.29 is 14.7 Å². The van der Waals surface area contributed by atoms with Gasteiger partial charge in [0.1, 0.15) is 0 Å². The summed E-state index contributed by atoms with van der Waals surface area (Å²) in [5.74, 6) is -0.113. The third-order valence-electron chi connectivity index (χ3n) is 4.02. The molecule has 1 aromatic rings. The highest BCUT2D eigenvalue weighted by atomic mass is 16.3. The smallest absolute Gasteiger partial charge is 0.246 e. The molecule has 1 saturated heterocycles. The van der Waals surface area contributed by atoms with Crippen LogP contribution < -0.4 is 5.32 Å². The van der Waals surface area contributed by atoms with Crippen LogP contribution in [0.5, 0.6) is 0 Å². The summed E-state index contributed by atoms with van der Waals surface area (Å²) in [5.41, 5.74) is 1.64. The number of hydrogen-bond donors (Lipinski definition) is 2. The van der Waals surface area contributed by atoms with Gasteiger partial charge in [0, 0.05) is 37.9 Å². The number of hydrogen-bond acceptors (Lipinski definition) is 3. The van der Waals surface area contributed by atoms with Crippen LogP contribution in [0.15, 0.2) is 30.3 Å². The van der Waals surface area contributed by atoms with Crippen LogP contribution in [0.2, 0.25) is 0 Å². The molecule has 0 radical (unpaired) electrons. The van der Waals surface area contributed by atoms with E-state index in [1.807, 2.05) is 17.0 Å². The molecule has 5 nitrogen and oxygen atoms in total. The maximum atomic E-state index is 12.4. The van der Waals surface area contributed by atoms with Crippen LogP contribution in [0.3, 0.4) is 0 Å². The summed E-state index contributed by atoms with van der Waals surface area (Å²) >= 11 is 0. The molecule has 124 valence electrons. The standard InChI is InChI=1S/C18H24N2O3/c1-14(22)19-16-8-5-15(6-9-16)7-10-18(23)20-12-3-2-4-17(20)11-13-21/h5-10,17,21H,2-4,11-13H2,1H3,(H,19,22)/b10-7+. The number of aliphatic hydroxyl groups is 1. The normalized spacial score (nSPS) is 18.2. The van der Waals surface area contributed by atoms with Crippen LogP contribution in [-0.4, -0.2) is 41.0 Å². The Bertz CT molecular complexity index is 564. The van der Waals surface area contributed by atoms with Crippen LogP contribution >= 0.6 is 0 Å². The highest BCUT2D eigenvalue weighted by Gasteiger charge is 2.24. The maximum Gasteiger partial charge on any atom is 0.246 e. The van der Waals surface area contributed by atoms with Crippen molar-refractivity contribution in [2.24, 2.45) is 0 Å². The molecule has 1 fully saturated rings. The highest BCUT2D eigenvalue weighted by Crippen LogP contribution is 2.20. The van der Waals surface area contributed by atoms with Gasteiger partial charge < -0.3 is 15.3 Å². The van der Waals surface area contributed by atoms with E-state index in [2.05, 4.69) is 5.32 Å². The lowest BCUT2D eigenvalue weighted by Gasteiger charge is -2.34. The number of likely N-dealkylation sites (tertiary alicyclic amines) is 1. The summed E-state index contributed by atoms with van der Waals surface area (Å²) in [5, 5.41) is 11.8. The average molecular weight is 316 g/mol. The minimum absolute atomic E-state index is 0.00547. The second-order valence-corrected chi connectivity index (χ2v) is 5.83. The monoisotopic (exact) mass is 316 g/mol. The molecule has 1 aliphatic rings. The second-order valence-electron chi connectivity index (χ2n) is 5.83. The van der Waals surface area contributed by atoms with E-state index in [1.54, 1.807) is 24.3 Å². The largest absolute Gasteiger partial charge is 0.396 e. The fraction of sp³-hybridized carbons (Fsp3) is 0.444. The first-order valence-electron chi connectivity index (χ1n) is 8.07. The van der Waals surface area contributed by atoms with E-state index in [4.69, 9.17) is 5.11 Å². The lowest BCUT2D eigenvalue weighted by molar-refractivity contribution is -0.129. The Morgan fingerprint density at radius 2 is 2.04 bits per heavy atom. The average Bonchev–Trinajstić information content (AvgIpc) is 2.54. The van der Waals surface area contributed by atoms with E-state index in [-0.39, 0.29) is 24.5 Å². The number of amides is 2. The van der Waals surface area contributed by atoms with Gasteiger partial charge in [0.05, 0.1) is 0 Å². The fourth-order valence-electron chi connectivity index (χ4n) is 2.88. The molecule has 1 aromatic carbocycles. The van der Waals surface area contributed by atoms with Crippen LogP contribution in [0.25, 0.3) is 6.08 Å². The van der Waals surface area contributed by atoms with E-state index < -0.39 is 0 Å². The summed E-state index contributed by atoms with van der Waals surface area (Å²) in [4.78, 5) is 25.2. The van der Waals surface area contributed by atoms with Crippen molar-refractivity contribution in [1.29, 1.82) is 0 Å². The summed E-state index contributed by atoms with van der Waals surface area (Å²) < 4.78 is 0. The molecule has 5 heteroatoms. The Morgan fingerprint density at radius 3 is 2.70 bits per heavy atom. The maximum absolute atomic E-state index is 12.4. The van der Waals surface area contributed by atoms with Gasteiger partial charge in [-0.3, -0.25) is 9.59 Å². The lowest BCUT2D eigenvalue weighted by Crippen LogP contribution is -2.43.